The molecule has 1 N–H and O–H groups in total. The number of carbonyl (C=O) groups is 3. The Balaban J connectivity index is 1.60. The van der Waals surface area contributed by atoms with Gasteiger partial charge in [-0.2, -0.15) is 5.10 Å². The molecule has 2 aromatic carbocycles. The molecule has 4 rings (SSSR count). The quantitative estimate of drug-likeness (QED) is 0.603. The van der Waals surface area contributed by atoms with Crippen LogP contribution in [0.2, 0.25) is 5.02 Å². The molecular weight excluding hydrogens is 468 g/mol. The van der Waals surface area contributed by atoms with E-state index >= 15 is 0 Å². The number of rotatable bonds is 4. The molecule has 1 aliphatic rings. The highest BCUT2D eigenvalue weighted by molar-refractivity contribution is 6.34. The lowest BCUT2D eigenvalue weighted by Gasteiger charge is -2.29. The zero-order chi connectivity index (χ0) is 25.1. The van der Waals surface area contributed by atoms with E-state index in [1.807, 2.05) is 31.2 Å². The molecule has 3 aromatic rings. The number of carbonyl (C=O) groups excluding carboxylic acids is 3. The molecule has 0 unspecified atom stereocenters. The molecule has 1 aromatic heterocycles. The minimum Gasteiger partial charge on any atom is -0.347 e. The number of likely N-dealkylation sites (N-methyl/N-ethyl adjacent to an activating group) is 1. The van der Waals surface area contributed by atoms with Gasteiger partial charge < -0.3 is 20.0 Å². The Kier molecular flexibility index (Phi) is 7.07. The zero-order valence-corrected chi connectivity index (χ0v) is 20.6. The summed E-state index contributed by atoms with van der Waals surface area (Å²) in [4.78, 5) is 43.3. The molecule has 0 bridgehead atoms. The van der Waals surface area contributed by atoms with Gasteiger partial charge in [-0.05, 0) is 42.8 Å². The van der Waals surface area contributed by atoms with Crippen molar-refractivity contribution in [3.05, 3.63) is 77.1 Å². The van der Waals surface area contributed by atoms with Crippen molar-refractivity contribution >= 4 is 35.1 Å². The van der Waals surface area contributed by atoms with Gasteiger partial charge in [0.2, 0.25) is 5.91 Å². The smallest absolute Gasteiger partial charge is 0.318 e. The van der Waals surface area contributed by atoms with E-state index in [0.717, 1.165) is 16.9 Å². The fourth-order valence-electron chi connectivity index (χ4n) is 3.97. The second kappa shape index (κ2) is 10.2. The average molecular weight is 495 g/mol. The number of amides is 4. The first-order valence-corrected chi connectivity index (χ1v) is 11.6. The minimum atomic E-state index is -0.363. The minimum absolute atomic E-state index is 0.0996. The SMILES string of the molecule is C[C@@H]1CN(C(=O)c2ccc(-n3cccn3)cc2Cl)c2ccccc2CN1C(=O)NCC(=O)N(C)C. The molecule has 0 radical (unpaired) electrons. The van der Waals surface area contributed by atoms with Crippen LogP contribution < -0.4 is 10.2 Å². The van der Waals surface area contributed by atoms with Crippen LogP contribution in [0.3, 0.4) is 0 Å². The fraction of sp³-hybridized carbons (Fsp3) is 0.280. The van der Waals surface area contributed by atoms with Crippen molar-refractivity contribution in [2.75, 3.05) is 32.1 Å². The van der Waals surface area contributed by atoms with Crippen LogP contribution in [-0.2, 0) is 11.3 Å². The predicted octanol–water partition coefficient (Wildman–Crippen LogP) is 3.17. The maximum Gasteiger partial charge on any atom is 0.318 e. The van der Waals surface area contributed by atoms with E-state index in [2.05, 4.69) is 10.4 Å². The average Bonchev–Trinajstić information content (AvgIpc) is 3.34. The number of anilines is 1. The van der Waals surface area contributed by atoms with Crippen molar-refractivity contribution in [3.63, 3.8) is 0 Å². The molecule has 35 heavy (non-hydrogen) atoms. The van der Waals surface area contributed by atoms with Crippen LogP contribution >= 0.6 is 11.6 Å². The number of nitrogens with one attached hydrogen (secondary N) is 1. The van der Waals surface area contributed by atoms with Gasteiger partial charge in [-0.1, -0.05) is 29.8 Å². The lowest BCUT2D eigenvalue weighted by atomic mass is 10.1. The second-order valence-corrected chi connectivity index (χ2v) is 8.99. The molecule has 0 saturated carbocycles. The van der Waals surface area contributed by atoms with Gasteiger partial charge in [0.1, 0.15) is 0 Å². The Labute approximate surface area is 208 Å². The van der Waals surface area contributed by atoms with Crippen molar-refractivity contribution in [1.82, 2.24) is 24.9 Å². The molecule has 10 heteroatoms. The van der Waals surface area contributed by atoms with Gasteiger partial charge in [0.25, 0.3) is 5.91 Å². The van der Waals surface area contributed by atoms with Crippen LogP contribution in [0.25, 0.3) is 5.69 Å². The van der Waals surface area contributed by atoms with E-state index < -0.39 is 0 Å². The summed E-state index contributed by atoms with van der Waals surface area (Å²) in [6, 6.07) is 13.8. The predicted molar refractivity (Wildman–Crippen MR) is 134 cm³/mol. The van der Waals surface area contributed by atoms with E-state index in [9.17, 15) is 14.4 Å². The number of para-hydroxylation sites is 1. The van der Waals surface area contributed by atoms with Gasteiger partial charge in [-0.3, -0.25) is 9.59 Å². The summed E-state index contributed by atoms with van der Waals surface area (Å²) in [7, 11) is 3.27. The maximum atomic E-state index is 13.7. The molecule has 182 valence electrons. The summed E-state index contributed by atoms with van der Waals surface area (Å²) in [5.74, 6) is -0.461. The monoisotopic (exact) mass is 494 g/mol. The molecule has 2 heterocycles. The van der Waals surface area contributed by atoms with Gasteiger partial charge in [-0.15, -0.1) is 0 Å². The van der Waals surface area contributed by atoms with Crippen LogP contribution in [0.1, 0.15) is 22.8 Å². The summed E-state index contributed by atoms with van der Waals surface area (Å²) in [5, 5.41) is 7.20. The Morgan fingerprint density at radius 1 is 1.14 bits per heavy atom. The van der Waals surface area contributed by atoms with Gasteiger partial charge in [0, 0.05) is 51.3 Å². The Morgan fingerprint density at radius 2 is 1.91 bits per heavy atom. The van der Waals surface area contributed by atoms with Gasteiger partial charge in [-0.25, -0.2) is 9.48 Å². The summed E-state index contributed by atoms with van der Waals surface area (Å²) >= 11 is 6.54. The number of halogens is 1. The number of fused-ring (bicyclic) bond motifs is 1. The Morgan fingerprint density at radius 3 is 2.60 bits per heavy atom. The lowest BCUT2D eigenvalue weighted by Crippen LogP contribution is -2.49. The first kappa shape index (κ1) is 24.3. The van der Waals surface area contributed by atoms with Crippen molar-refractivity contribution in [3.8, 4) is 5.69 Å². The number of hydrogen-bond acceptors (Lipinski definition) is 4. The molecular formula is C25H27ClN6O3. The topological polar surface area (TPSA) is 90.8 Å². The third-order valence-corrected chi connectivity index (χ3v) is 6.26. The molecule has 4 amide bonds. The van der Waals surface area contributed by atoms with E-state index in [-0.39, 0.29) is 37.0 Å². The maximum absolute atomic E-state index is 13.7. The number of hydrogen-bond donors (Lipinski definition) is 1. The fourth-order valence-corrected chi connectivity index (χ4v) is 4.23. The largest absolute Gasteiger partial charge is 0.347 e. The van der Waals surface area contributed by atoms with Crippen LogP contribution in [0.5, 0.6) is 0 Å². The van der Waals surface area contributed by atoms with Crippen LogP contribution in [-0.4, -0.2) is 70.7 Å². The summed E-state index contributed by atoms with van der Waals surface area (Å²) in [5.41, 5.74) is 2.65. The van der Waals surface area contributed by atoms with Crippen LogP contribution in [0.4, 0.5) is 10.5 Å². The van der Waals surface area contributed by atoms with E-state index in [1.165, 1.54) is 4.90 Å². The lowest BCUT2D eigenvalue weighted by molar-refractivity contribution is -0.127. The summed E-state index contributed by atoms with van der Waals surface area (Å²) in [6.07, 6.45) is 3.46. The third kappa shape index (κ3) is 5.14. The molecule has 0 fully saturated rings. The van der Waals surface area contributed by atoms with Gasteiger partial charge in [0.05, 0.1) is 22.8 Å². The van der Waals surface area contributed by atoms with Crippen molar-refractivity contribution in [2.24, 2.45) is 0 Å². The highest BCUT2D eigenvalue weighted by atomic mass is 35.5. The molecule has 9 nitrogen and oxygen atoms in total. The van der Waals surface area contributed by atoms with Crippen molar-refractivity contribution in [2.45, 2.75) is 19.5 Å². The van der Waals surface area contributed by atoms with E-state index in [0.29, 0.717) is 17.1 Å². The van der Waals surface area contributed by atoms with E-state index in [1.54, 1.807) is 65.2 Å². The number of benzene rings is 2. The van der Waals surface area contributed by atoms with E-state index in [4.69, 9.17) is 11.6 Å². The Hall–Kier alpha value is -3.85. The van der Waals surface area contributed by atoms with Crippen molar-refractivity contribution in [1.29, 1.82) is 0 Å². The van der Waals surface area contributed by atoms with Gasteiger partial charge >= 0.3 is 6.03 Å². The molecule has 1 aliphatic heterocycles. The van der Waals surface area contributed by atoms with Crippen LogP contribution in [0, 0.1) is 0 Å². The molecule has 0 aliphatic carbocycles. The third-order valence-electron chi connectivity index (χ3n) is 5.95. The first-order valence-electron chi connectivity index (χ1n) is 11.2. The first-order chi connectivity index (χ1) is 16.8. The van der Waals surface area contributed by atoms with Crippen molar-refractivity contribution < 1.29 is 14.4 Å². The number of aromatic nitrogens is 2. The molecule has 0 spiro atoms. The highest BCUT2D eigenvalue weighted by Gasteiger charge is 2.32. The van der Waals surface area contributed by atoms with Crippen LogP contribution in [0.15, 0.2) is 60.9 Å². The zero-order valence-electron chi connectivity index (χ0n) is 19.8. The number of urea groups is 1. The van der Waals surface area contributed by atoms with Gasteiger partial charge in [0.15, 0.2) is 0 Å². The second-order valence-electron chi connectivity index (χ2n) is 8.58. The normalized spacial score (nSPS) is 15.3. The summed E-state index contributed by atoms with van der Waals surface area (Å²) in [6.45, 7) is 2.34. The molecule has 0 saturated heterocycles. The highest BCUT2D eigenvalue weighted by Crippen LogP contribution is 2.30. The molecule has 1 atom stereocenters. The Bertz CT molecular complexity index is 1240. The summed E-state index contributed by atoms with van der Waals surface area (Å²) < 4.78 is 1.67. The number of nitrogens with zero attached hydrogens (tertiary/aromatic N) is 5. The standard InChI is InChI=1S/C25H27ClN6O3/c1-17-15-31(24(34)20-10-9-19(13-21(20)26)32-12-6-11-28-32)22-8-5-4-7-18(22)16-30(17)25(35)27-14-23(33)29(2)3/h4-13,17H,14-16H2,1-3H3,(H,27,35)/t17-/m1/s1.